The molecule has 0 aliphatic carbocycles. The molecule has 2 nitrogen and oxygen atoms in total. The molecule has 20 heavy (non-hydrogen) atoms. The van der Waals surface area contributed by atoms with E-state index in [4.69, 9.17) is 4.42 Å². The van der Waals surface area contributed by atoms with Crippen molar-refractivity contribution in [2.75, 3.05) is 0 Å². The molecule has 1 N–H and O–H groups in total. The van der Waals surface area contributed by atoms with Crippen molar-refractivity contribution >= 4 is 21.9 Å². The third-order valence-corrected chi connectivity index (χ3v) is 3.80. The highest BCUT2D eigenvalue weighted by Gasteiger charge is 2.12. The summed E-state index contributed by atoms with van der Waals surface area (Å²) in [6.07, 6.45) is 1.44. The summed E-state index contributed by atoms with van der Waals surface area (Å²) < 4.78 is 5.80. The molecule has 3 rings (SSSR count). The van der Waals surface area contributed by atoms with E-state index >= 15 is 0 Å². The van der Waals surface area contributed by atoms with Crippen LogP contribution in [-0.4, -0.2) is 5.11 Å². The average molecular weight is 268 g/mol. The Bertz CT molecular complexity index is 724. The fourth-order valence-corrected chi connectivity index (χ4v) is 2.61. The Balaban J connectivity index is 1.99. The summed E-state index contributed by atoms with van der Waals surface area (Å²) >= 11 is 0. The van der Waals surface area contributed by atoms with Crippen LogP contribution >= 0.6 is 0 Å². The molecule has 0 saturated heterocycles. The van der Waals surface area contributed by atoms with Gasteiger partial charge in [-0.05, 0) is 42.5 Å². The van der Waals surface area contributed by atoms with E-state index in [1.54, 1.807) is 0 Å². The number of aliphatic hydroxyl groups is 1. The second-order valence-corrected chi connectivity index (χ2v) is 5.84. The van der Waals surface area contributed by atoms with E-state index in [9.17, 15) is 5.11 Å². The molecular weight excluding hydrogens is 248 g/mol. The van der Waals surface area contributed by atoms with Gasteiger partial charge in [0.25, 0.3) is 0 Å². The van der Waals surface area contributed by atoms with Gasteiger partial charge in [0.1, 0.15) is 11.2 Å². The number of para-hydroxylation sites is 1. The van der Waals surface area contributed by atoms with Crippen LogP contribution in [0.25, 0.3) is 21.9 Å². The number of fused-ring (bicyclic) bond motifs is 3. The minimum Gasteiger partial charge on any atom is -0.456 e. The maximum absolute atomic E-state index is 10.3. The number of hydrogen-bond acceptors (Lipinski definition) is 2. The van der Waals surface area contributed by atoms with Crippen molar-refractivity contribution in [1.29, 1.82) is 0 Å². The minimum absolute atomic E-state index is 0.393. The van der Waals surface area contributed by atoms with E-state index in [0.717, 1.165) is 40.3 Å². The molecule has 0 bridgehead atoms. The number of hydrogen-bond donors (Lipinski definition) is 1. The van der Waals surface area contributed by atoms with Crippen molar-refractivity contribution in [2.24, 2.45) is 5.92 Å². The molecule has 1 atom stereocenters. The highest BCUT2D eigenvalue weighted by molar-refractivity contribution is 6.04. The summed E-state index contributed by atoms with van der Waals surface area (Å²) in [5.41, 5.74) is 2.76. The van der Waals surface area contributed by atoms with Gasteiger partial charge < -0.3 is 9.52 Å². The molecule has 1 unspecified atom stereocenters. The third kappa shape index (κ3) is 2.44. The standard InChI is InChI=1S/C18H20O2/c1-12(2)7-9-16(19)13-8-10-18-15(11-13)14-5-3-4-6-17(14)20-18/h3-6,8,10-12,16,19H,7,9H2,1-2H3. The Morgan fingerprint density at radius 2 is 1.70 bits per heavy atom. The molecule has 0 radical (unpaired) electrons. The van der Waals surface area contributed by atoms with Gasteiger partial charge in [-0.25, -0.2) is 0 Å². The van der Waals surface area contributed by atoms with E-state index in [1.807, 2.05) is 30.3 Å². The monoisotopic (exact) mass is 268 g/mol. The van der Waals surface area contributed by atoms with Crippen molar-refractivity contribution < 1.29 is 9.52 Å². The lowest BCUT2D eigenvalue weighted by Crippen LogP contribution is -1.99. The van der Waals surface area contributed by atoms with E-state index in [0.29, 0.717) is 5.92 Å². The van der Waals surface area contributed by atoms with Crippen molar-refractivity contribution in [3.05, 3.63) is 48.0 Å². The Kier molecular flexibility index (Phi) is 3.49. The van der Waals surface area contributed by atoms with Gasteiger partial charge in [-0.15, -0.1) is 0 Å². The van der Waals surface area contributed by atoms with Crippen LogP contribution in [0.15, 0.2) is 46.9 Å². The predicted octanol–water partition coefficient (Wildman–Crippen LogP) is 5.06. The highest BCUT2D eigenvalue weighted by Crippen LogP contribution is 2.31. The van der Waals surface area contributed by atoms with Gasteiger partial charge in [0.2, 0.25) is 0 Å². The largest absolute Gasteiger partial charge is 0.456 e. The summed E-state index contributed by atoms with van der Waals surface area (Å²) in [5.74, 6) is 0.614. The van der Waals surface area contributed by atoms with Gasteiger partial charge in [-0.1, -0.05) is 38.1 Å². The maximum Gasteiger partial charge on any atom is 0.135 e. The molecule has 0 spiro atoms. The number of furan rings is 1. The van der Waals surface area contributed by atoms with Crippen LogP contribution < -0.4 is 0 Å². The molecule has 104 valence electrons. The summed E-state index contributed by atoms with van der Waals surface area (Å²) in [6.45, 7) is 4.36. The van der Waals surface area contributed by atoms with E-state index < -0.39 is 6.10 Å². The molecule has 1 heterocycles. The summed E-state index contributed by atoms with van der Waals surface area (Å²) in [7, 11) is 0. The maximum atomic E-state index is 10.3. The summed E-state index contributed by atoms with van der Waals surface area (Å²) in [4.78, 5) is 0. The quantitative estimate of drug-likeness (QED) is 0.717. The van der Waals surface area contributed by atoms with E-state index in [1.165, 1.54) is 0 Å². The van der Waals surface area contributed by atoms with Gasteiger partial charge >= 0.3 is 0 Å². The first kappa shape index (κ1) is 13.2. The van der Waals surface area contributed by atoms with Crippen LogP contribution in [0.3, 0.4) is 0 Å². The highest BCUT2D eigenvalue weighted by atomic mass is 16.3. The van der Waals surface area contributed by atoms with Crippen LogP contribution in [-0.2, 0) is 0 Å². The Labute approximate surface area is 119 Å². The SMILES string of the molecule is CC(C)CCC(O)c1ccc2oc3ccccc3c2c1. The van der Waals surface area contributed by atoms with Crippen molar-refractivity contribution in [3.8, 4) is 0 Å². The fourth-order valence-electron chi connectivity index (χ4n) is 2.61. The topological polar surface area (TPSA) is 33.4 Å². The molecule has 1 aromatic heterocycles. The number of rotatable bonds is 4. The molecule has 2 heteroatoms. The zero-order valence-electron chi connectivity index (χ0n) is 12.0. The Hall–Kier alpha value is -1.80. The first-order valence-electron chi connectivity index (χ1n) is 7.24. The second kappa shape index (κ2) is 5.29. The van der Waals surface area contributed by atoms with Crippen LogP contribution in [0.2, 0.25) is 0 Å². The van der Waals surface area contributed by atoms with Crippen molar-refractivity contribution in [2.45, 2.75) is 32.8 Å². The van der Waals surface area contributed by atoms with Gasteiger partial charge in [0.15, 0.2) is 0 Å². The number of benzene rings is 2. The first-order valence-corrected chi connectivity index (χ1v) is 7.24. The van der Waals surface area contributed by atoms with E-state index in [2.05, 4.69) is 26.0 Å². The van der Waals surface area contributed by atoms with Gasteiger partial charge in [-0.3, -0.25) is 0 Å². The molecule has 0 saturated carbocycles. The van der Waals surface area contributed by atoms with Crippen LogP contribution in [0.1, 0.15) is 38.4 Å². The van der Waals surface area contributed by atoms with E-state index in [-0.39, 0.29) is 0 Å². The van der Waals surface area contributed by atoms with Crippen molar-refractivity contribution in [3.63, 3.8) is 0 Å². The fraction of sp³-hybridized carbons (Fsp3) is 0.333. The first-order chi connectivity index (χ1) is 9.65. The lowest BCUT2D eigenvalue weighted by Gasteiger charge is -2.12. The third-order valence-electron chi connectivity index (χ3n) is 3.80. The zero-order valence-corrected chi connectivity index (χ0v) is 12.0. The average Bonchev–Trinajstić information content (AvgIpc) is 2.82. The lowest BCUT2D eigenvalue weighted by atomic mass is 9.98. The normalized spacial score (nSPS) is 13.4. The molecule has 0 fully saturated rings. The van der Waals surface area contributed by atoms with Gasteiger partial charge in [-0.2, -0.15) is 0 Å². The smallest absolute Gasteiger partial charge is 0.135 e. The Morgan fingerprint density at radius 1 is 0.950 bits per heavy atom. The zero-order chi connectivity index (χ0) is 14.1. The van der Waals surface area contributed by atoms with Crippen LogP contribution in [0.5, 0.6) is 0 Å². The molecule has 2 aromatic carbocycles. The molecule has 0 aliphatic rings. The molecule has 0 amide bonds. The van der Waals surface area contributed by atoms with Gasteiger partial charge in [0.05, 0.1) is 6.10 Å². The molecule has 0 aliphatic heterocycles. The lowest BCUT2D eigenvalue weighted by molar-refractivity contribution is 0.159. The summed E-state index contributed by atoms with van der Waals surface area (Å²) in [5, 5.41) is 12.5. The Morgan fingerprint density at radius 3 is 2.50 bits per heavy atom. The molecular formula is C18H20O2. The second-order valence-electron chi connectivity index (χ2n) is 5.84. The van der Waals surface area contributed by atoms with Crippen LogP contribution in [0.4, 0.5) is 0 Å². The minimum atomic E-state index is -0.393. The van der Waals surface area contributed by atoms with Crippen LogP contribution in [0, 0.1) is 5.92 Å². The predicted molar refractivity (Wildman–Crippen MR) is 82.8 cm³/mol. The number of aliphatic hydroxyl groups excluding tert-OH is 1. The van der Waals surface area contributed by atoms with Gasteiger partial charge in [0, 0.05) is 10.8 Å². The molecule has 3 aromatic rings. The van der Waals surface area contributed by atoms with Crippen molar-refractivity contribution in [1.82, 2.24) is 0 Å². The summed E-state index contributed by atoms with van der Waals surface area (Å²) in [6, 6.07) is 14.0.